The number of hydrogen-bond donors (Lipinski definition) is 0. The Balaban J connectivity index is 2.36. The van der Waals surface area contributed by atoms with Crippen LogP contribution in [0.4, 0.5) is 0 Å². The molecule has 0 radical (unpaired) electrons. The fraction of sp³-hybridized carbons (Fsp3) is 0.800. The van der Waals surface area contributed by atoms with Gasteiger partial charge in [0.05, 0.1) is 8.07 Å². The van der Waals surface area contributed by atoms with Crippen molar-refractivity contribution in [2.24, 2.45) is 4.99 Å². The highest BCUT2D eigenvalue weighted by Gasteiger charge is 2.78. The van der Waals surface area contributed by atoms with Gasteiger partial charge < -0.3 is 9.19 Å². The molecule has 3 heterocycles. The van der Waals surface area contributed by atoms with E-state index in [1.165, 1.54) is 0 Å². The van der Waals surface area contributed by atoms with Crippen molar-refractivity contribution in [1.82, 2.24) is 4.67 Å². The van der Waals surface area contributed by atoms with Gasteiger partial charge in [0.25, 0.3) is 6.02 Å². The number of alkyl halides is 4. The van der Waals surface area contributed by atoms with Crippen molar-refractivity contribution in [1.29, 1.82) is 0 Å². The zero-order valence-corrected chi connectivity index (χ0v) is 12.0. The van der Waals surface area contributed by atoms with E-state index in [-0.39, 0.29) is 0 Å². The van der Waals surface area contributed by atoms with Crippen LogP contribution in [0.2, 0.25) is 0 Å². The molecule has 0 N–H and O–H groups in total. The summed E-state index contributed by atoms with van der Waals surface area (Å²) in [5.74, 6) is 0. The smallest absolute Gasteiger partial charge is 0.293 e. The number of amidine groups is 1. The van der Waals surface area contributed by atoms with E-state index in [2.05, 4.69) is 4.99 Å². The summed E-state index contributed by atoms with van der Waals surface area (Å²) in [5.41, 5.74) is 0. The average Bonchev–Trinajstić information content (AvgIpc) is 2.01. The lowest BCUT2D eigenvalue weighted by molar-refractivity contribution is 0.490. The average molecular weight is 314 g/mol. The Hall–Kier alpha value is 1.29. The summed E-state index contributed by atoms with van der Waals surface area (Å²) in [6.45, 7) is 0. The molecule has 0 unspecified atom stereocenters. The van der Waals surface area contributed by atoms with Gasteiger partial charge in [0.2, 0.25) is 7.63 Å². The van der Waals surface area contributed by atoms with Crippen LogP contribution in [0, 0.1) is 0 Å². The maximum Gasteiger partial charge on any atom is 0.293 e. The first-order valence-electron chi connectivity index (χ1n) is 3.58. The number of hydrogen-bond acceptors (Lipinski definition) is 2. The third-order valence-corrected chi connectivity index (χ3v) is 11.0. The largest absolute Gasteiger partial charge is 0.437 e. The van der Waals surface area contributed by atoms with Gasteiger partial charge in [-0.15, -0.1) is 0 Å². The van der Waals surface area contributed by atoms with Crippen molar-refractivity contribution in [2.75, 3.05) is 14.1 Å². The lowest BCUT2D eigenvalue weighted by Crippen LogP contribution is -2.50. The molecule has 3 nitrogen and oxygen atoms in total. The van der Waals surface area contributed by atoms with Gasteiger partial charge in [-0.05, 0) is 0 Å². The van der Waals surface area contributed by atoms with Crippen LogP contribution in [0.3, 0.4) is 0 Å². The van der Waals surface area contributed by atoms with Gasteiger partial charge in [0.15, 0.2) is 8.15 Å². The molecule has 0 aromatic heterocycles. The minimum absolute atomic E-state index is 0.510. The van der Waals surface area contributed by atoms with Gasteiger partial charge in [0, 0.05) is 14.1 Å². The molecule has 3 saturated heterocycles. The second kappa shape index (κ2) is 3.39. The van der Waals surface area contributed by atoms with Crippen LogP contribution in [0.5, 0.6) is 0 Å². The minimum Gasteiger partial charge on any atom is -0.437 e. The summed E-state index contributed by atoms with van der Waals surface area (Å²) in [4.78, 5) is 3.96. The van der Waals surface area contributed by atoms with Crippen LogP contribution < -0.4 is 0 Å². The number of aliphatic imine (C=N–C) groups is 1. The van der Waals surface area contributed by atoms with Gasteiger partial charge in [-0.1, -0.05) is 46.4 Å². The first-order valence-corrected chi connectivity index (χ1v) is 7.64. The summed E-state index contributed by atoms with van der Waals surface area (Å²) in [7, 11) is 1.05. The van der Waals surface area contributed by atoms with E-state index >= 15 is 0 Å². The molecule has 3 aliphatic heterocycles. The maximum absolute atomic E-state index is 6.11. The van der Waals surface area contributed by atoms with E-state index in [4.69, 9.17) is 50.9 Å². The molecular formula is C5H6Cl4N2OP2. The maximum atomic E-state index is 6.11. The van der Waals surface area contributed by atoms with Crippen molar-refractivity contribution >= 4 is 68.6 Å². The predicted molar refractivity (Wildman–Crippen MR) is 64.9 cm³/mol. The zero-order chi connectivity index (χ0) is 10.7. The summed E-state index contributed by atoms with van der Waals surface area (Å²) in [6.07, 6.45) is 0. The topological polar surface area (TPSA) is 24.8 Å². The molecule has 0 atom stereocenters. The second-order valence-electron chi connectivity index (χ2n) is 2.75. The summed E-state index contributed by atoms with van der Waals surface area (Å²) >= 11 is 24.4. The standard InChI is InChI=1S/C5H6Cl4N2OP2/c1-10-3-11(2)13-4(6,7)14(12-3)5(13,8)9/h1-2H3. The summed E-state index contributed by atoms with van der Waals surface area (Å²) < 4.78 is 5.31. The van der Waals surface area contributed by atoms with Crippen molar-refractivity contribution < 1.29 is 4.52 Å². The van der Waals surface area contributed by atoms with Crippen LogP contribution in [-0.2, 0) is 4.52 Å². The Morgan fingerprint density at radius 3 is 2.14 bits per heavy atom. The third kappa shape index (κ3) is 1.30. The predicted octanol–water partition coefficient (Wildman–Crippen LogP) is 3.92. The number of fused-ring (bicyclic) bond motifs is 2. The van der Waals surface area contributed by atoms with Crippen LogP contribution in [0.25, 0.3) is 0 Å². The van der Waals surface area contributed by atoms with Gasteiger partial charge in [0.1, 0.15) is 0 Å². The van der Waals surface area contributed by atoms with Crippen molar-refractivity contribution in [2.45, 2.75) is 7.63 Å². The molecule has 0 spiro atoms. The molecule has 3 rings (SSSR count). The van der Waals surface area contributed by atoms with Gasteiger partial charge in [-0.25, -0.2) is 4.99 Å². The lowest BCUT2D eigenvalue weighted by Gasteiger charge is -2.61. The zero-order valence-electron chi connectivity index (χ0n) is 7.21. The first kappa shape index (κ1) is 11.8. The van der Waals surface area contributed by atoms with E-state index in [0.717, 1.165) is 0 Å². The van der Waals surface area contributed by atoms with Gasteiger partial charge >= 0.3 is 0 Å². The highest BCUT2D eigenvalue weighted by atomic mass is 35.5. The van der Waals surface area contributed by atoms with E-state index in [9.17, 15) is 0 Å². The van der Waals surface area contributed by atoms with Gasteiger partial charge in [-0.3, -0.25) is 0 Å². The highest BCUT2D eigenvalue weighted by Crippen LogP contribution is 3.00. The quantitative estimate of drug-likeness (QED) is 0.500. The monoisotopic (exact) mass is 312 g/mol. The van der Waals surface area contributed by atoms with Crippen molar-refractivity contribution in [3.8, 4) is 0 Å². The molecule has 0 aliphatic carbocycles. The second-order valence-corrected chi connectivity index (χ2v) is 12.9. The van der Waals surface area contributed by atoms with Crippen LogP contribution in [-0.4, -0.2) is 32.4 Å². The molecule has 3 fully saturated rings. The molecule has 0 aromatic rings. The Labute approximate surface area is 104 Å². The van der Waals surface area contributed by atoms with Crippen LogP contribution >= 0.6 is 62.6 Å². The molecule has 2 bridgehead atoms. The number of halogens is 4. The lowest BCUT2D eigenvalue weighted by atomic mass is 11.0. The van der Waals surface area contributed by atoms with Crippen molar-refractivity contribution in [3.63, 3.8) is 0 Å². The fourth-order valence-electron chi connectivity index (χ4n) is 1.33. The Kier molecular flexibility index (Phi) is 2.85. The summed E-state index contributed by atoms with van der Waals surface area (Å²) in [5, 5.41) is 0. The molecule has 14 heavy (non-hydrogen) atoms. The van der Waals surface area contributed by atoms with Crippen molar-refractivity contribution in [3.05, 3.63) is 0 Å². The van der Waals surface area contributed by atoms with E-state index in [0.29, 0.717) is 6.02 Å². The Bertz CT molecular complexity index is 294. The fourth-order valence-corrected chi connectivity index (χ4v) is 14.5. The third-order valence-electron chi connectivity index (χ3n) is 1.94. The van der Waals surface area contributed by atoms with Gasteiger partial charge in [-0.2, -0.15) is 0 Å². The molecule has 0 aromatic carbocycles. The van der Waals surface area contributed by atoms with Crippen LogP contribution in [0.15, 0.2) is 4.99 Å². The van der Waals surface area contributed by atoms with E-state index in [1.807, 2.05) is 0 Å². The first-order chi connectivity index (χ1) is 6.33. The molecule has 3 aliphatic rings. The number of nitrogens with zero attached hydrogens (tertiary/aromatic N) is 2. The minimum atomic E-state index is -1.29. The normalized spacial score (nSPS) is 40.4. The molecule has 9 heteroatoms. The SMILES string of the molecule is CN=C1OP2C(Cl)(Cl)P(N1C)C2(Cl)Cl. The molecule has 0 amide bonds. The molecule has 80 valence electrons. The Morgan fingerprint density at radius 2 is 1.79 bits per heavy atom. The molecule has 0 saturated carbocycles. The number of rotatable bonds is 0. The van der Waals surface area contributed by atoms with Crippen LogP contribution in [0.1, 0.15) is 0 Å². The van der Waals surface area contributed by atoms with E-state index < -0.39 is 23.9 Å². The Morgan fingerprint density at radius 1 is 1.29 bits per heavy atom. The molecular weight excluding hydrogens is 308 g/mol. The van der Waals surface area contributed by atoms with E-state index in [1.54, 1.807) is 18.8 Å². The summed E-state index contributed by atoms with van der Waals surface area (Å²) in [6, 6.07) is 0.510. The highest BCUT2D eigenvalue weighted by molar-refractivity contribution is 8.02.